The fourth-order valence-corrected chi connectivity index (χ4v) is 2.75. The average Bonchev–Trinajstić information content (AvgIpc) is 2.55. The summed E-state index contributed by atoms with van der Waals surface area (Å²) in [6, 6.07) is -0.0300. The second-order valence-corrected chi connectivity index (χ2v) is 7.90. The first-order valence-corrected chi connectivity index (χ1v) is 10.4. The molecule has 0 aromatic heterocycles. The first-order chi connectivity index (χ1) is 12.8. The molecule has 0 heterocycles. The van der Waals surface area contributed by atoms with Gasteiger partial charge in [0.25, 0.3) is 0 Å². The molecule has 0 saturated heterocycles. The zero-order valence-corrected chi connectivity index (χ0v) is 21.0. The maximum Gasteiger partial charge on any atom is 0.407 e. The van der Waals surface area contributed by atoms with Crippen molar-refractivity contribution in [1.82, 2.24) is 16.0 Å². The van der Waals surface area contributed by atoms with Crippen LogP contribution in [0.5, 0.6) is 0 Å². The van der Waals surface area contributed by atoms with E-state index in [1.54, 1.807) is 0 Å². The molecule has 0 aromatic rings. The van der Waals surface area contributed by atoms with E-state index in [0.717, 1.165) is 44.6 Å². The van der Waals surface area contributed by atoms with Crippen LogP contribution in [0.3, 0.4) is 0 Å². The largest absolute Gasteiger partial charge is 0.444 e. The van der Waals surface area contributed by atoms with Crippen molar-refractivity contribution in [3.8, 4) is 0 Å². The molecule has 2 unspecified atom stereocenters. The van der Waals surface area contributed by atoms with Crippen molar-refractivity contribution in [2.24, 2.45) is 10.9 Å². The highest BCUT2D eigenvalue weighted by molar-refractivity contribution is 14.0. The van der Waals surface area contributed by atoms with Crippen LogP contribution < -0.4 is 16.0 Å². The number of hydrogen-bond donors (Lipinski definition) is 4. The van der Waals surface area contributed by atoms with E-state index in [2.05, 4.69) is 34.8 Å². The minimum Gasteiger partial charge on any atom is -0.444 e. The first-order valence-electron chi connectivity index (χ1n) is 10.4. The molecule has 0 aliphatic carbocycles. The molecule has 2 atom stereocenters. The standard InChI is InChI=1S/C20H42N4O3.HI/c1-7-10-16(12-13-25)14-22-18(21-9-3)23-15-17(11-8-2)24-19(26)27-20(4,5)6;/h16-17,25H,7-15H2,1-6H3,(H,24,26)(H2,21,22,23);1H. The van der Waals surface area contributed by atoms with Gasteiger partial charge in [-0.3, -0.25) is 4.99 Å². The lowest BCUT2D eigenvalue weighted by Crippen LogP contribution is -2.48. The third-order valence-corrected chi connectivity index (χ3v) is 3.96. The van der Waals surface area contributed by atoms with Gasteiger partial charge in [0, 0.05) is 32.3 Å². The fraction of sp³-hybridized carbons (Fsp3) is 0.900. The van der Waals surface area contributed by atoms with Crippen LogP contribution >= 0.6 is 24.0 Å². The van der Waals surface area contributed by atoms with Gasteiger partial charge in [-0.05, 0) is 52.9 Å². The number of aliphatic hydroxyl groups excluding tert-OH is 1. The van der Waals surface area contributed by atoms with Gasteiger partial charge in [0.15, 0.2) is 5.96 Å². The summed E-state index contributed by atoms with van der Waals surface area (Å²) in [7, 11) is 0. The molecule has 8 heteroatoms. The number of aliphatic hydroxyl groups is 1. The highest BCUT2D eigenvalue weighted by Crippen LogP contribution is 2.11. The number of nitrogens with zero attached hydrogens (tertiary/aromatic N) is 1. The van der Waals surface area contributed by atoms with Crippen molar-refractivity contribution >= 4 is 36.0 Å². The number of rotatable bonds is 12. The van der Waals surface area contributed by atoms with Crippen LogP contribution in [-0.4, -0.2) is 55.0 Å². The van der Waals surface area contributed by atoms with Gasteiger partial charge in [-0.1, -0.05) is 26.7 Å². The van der Waals surface area contributed by atoms with E-state index in [9.17, 15) is 9.90 Å². The maximum absolute atomic E-state index is 12.0. The molecule has 0 aliphatic rings. The summed E-state index contributed by atoms with van der Waals surface area (Å²) in [5.41, 5.74) is -0.508. The van der Waals surface area contributed by atoms with Crippen molar-refractivity contribution in [3.05, 3.63) is 0 Å². The monoisotopic (exact) mass is 514 g/mol. The Labute approximate surface area is 188 Å². The van der Waals surface area contributed by atoms with Crippen LogP contribution in [0.4, 0.5) is 4.79 Å². The number of ether oxygens (including phenoxy) is 1. The van der Waals surface area contributed by atoms with Gasteiger partial charge in [0.1, 0.15) is 5.60 Å². The quantitative estimate of drug-likeness (QED) is 0.181. The second-order valence-electron chi connectivity index (χ2n) is 7.90. The Bertz CT molecular complexity index is 422. The molecule has 1 amide bonds. The van der Waals surface area contributed by atoms with Gasteiger partial charge < -0.3 is 25.8 Å². The minimum absolute atomic E-state index is 0. The van der Waals surface area contributed by atoms with Crippen LogP contribution in [0.25, 0.3) is 0 Å². The second kappa shape index (κ2) is 17.1. The van der Waals surface area contributed by atoms with E-state index in [1.165, 1.54) is 0 Å². The van der Waals surface area contributed by atoms with Crippen molar-refractivity contribution in [3.63, 3.8) is 0 Å². The Morgan fingerprint density at radius 3 is 2.21 bits per heavy atom. The molecule has 0 rings (SSSR count). The zero-order chi connectivity index (χ0) is 20.7. The summed E-state index contributed by atoms with van der Waals surface area (Å²) in [4.78, 5) is 16.7. The first kappa shape index (κ1) is 29.4. The Morgan fingerprint density at radius 1 is 1.07 bits per heavy atom. The molecule has 0 saturated carbocycles. The van der Waals surface area contributed by atoms with E-state index in [4.69, 9.17) is 4.74 Å². The number of carbonyl (C=O) groups is 1. The van der Waals surface area contributed by atoms with E-state index >= 15 is 0 Å². The summed E-state index contributed by atoms with van der Waals surface area (Å²) >= 11 is 0. The molecule has 168 valence electrons. The molecule has 0 spiro atoms. The van der Waals surface area contributed by atoms with Crippen molar-refractivity contribution in [2.45, 2.75) is 85.3 Å². The van der Waals surface area contributed by atoms with Crippen molar-refractivity contribution in [1.29, 1.82) is 0 Å². The smallest absolute Gasteiger partial charge is 0.407 e. The van der Waals surface area contributed by atoms with E-state index in [0.29, 0.717) is 19.0 Å². The lowest BCUT2D eigenvalue weighted by molar-refractivity contribution is 0.0502. The van der Waals surface area contributed by atoms with Gasteiger partial charge in [0.2, 0.25) is 0 Å². The van der Waals surface area contributed by atoms with Gasteiger partial charge >= 0.3 is 6.09 Å². The van der Waals surface area contributed by atoms with Gasteiger partial charge in [-0.2, -0.15) is 0 Å². The molecule has 0 fully saturated rings. The third kappa shape index (κ3) is 16.2. The maximum atomic E-state index is 12.0. The number of halogens is 1. The van der Waals surface area contributed by atoms with Gasteiger partial charge in [-0.25, -0.2) is 4.79 Å². The molecule has 0 aromatic carbocycles. The molecule has 4 N–H and O–H groups in total. The van der Waals surface area contributed by atoms with E-state index in [-0.39, 0.29) is 36.6 Å². The van der Waals surface area contributed by atoms with Crippen molar-refractivity contribution < 1.29 is 14.6 Å². The Hall–Kier alpha value is -0.770. The lowest BCUT2D eigenvalue weighted by atomic mass is 10.0. The van der Waals surface area contributed by atoms with Gasteiger partial charge in [-0.15, -0.1) is 24.0 Å². The molecule has 7 nitrogen and oxygen atoms in total. The normalized spacial score (nSPS) is 13.9. The summed E-state index contributed by atoms with van der Waals surface area (Å²) < 4.78 is 5.35. The summed E-state index contributed by atoms with van der Waals surface area (Å²) in [5.74, 6) is 1.13. The Balaban J connectivity index is 0. The number of alkyl carbamates (subject to hydrolysis) is 1. The fourth-order valence-electron chi connectivity index (χ4n) is 2.75. The molecule has 0 radical (unpaired) electrons. The van der Waals surface area contributed by atoms with E-state index in [1.807, 2.05) is 27.7 Å². The molecular formula is C20H43IN4O3. The van der Waals surface area contributed by atoms with E-state index < -0.39 is 11.7 Å². The Kier molecular flexibility index (Phi) is 18.0. The number of amides is 1. The summed E-state index contributed by atoms with van der Waals surface area (Å²) in [5, 5.41) is 18.7. The van der Waals surface area contributed by atoms with Crippen LogP contribution in [-0.2, 0) is 4.74 Å². The number of carbonyl (C=O) groups excluding carboxylic acids is 1. The third-order valence-electron chi connectivity index (χ3n) is 3.96. The highest BCUT2D eigenvalue weighted by atomic mass is 127. The van der Waals surface area contributed by atoms with Crippen LogP contribution in [0.1, 0.15) is 73.6 Å². The van der Waals surface area contributed by atoms with Crippen LogP contribution in [0.15, 0.2) is 4.99 Å². The number of guanidine groups is 1. The summed E-state index contributed by atoms with van der Waals surface area (Å²) in [6.07, 6.45) is 4.34. The topological polar surface area (TPSA) is 95.0 Å². The zero-order valence-electron chi connectivity index (χ0n) is 18.6. The predicted octanol–water partition coefficient (Wildman–Crippen LogP) is 3.65. The number of hydrogen-bond acceptors (Lipinski definition) is 4. The highest BCUT2D eigenvalue weighted by Gasteiger charge is 2.19. The average molecular weight is 514 g/mol. The molecule has 0 bridgehead atoms. The predicted molar refractivity (Wildman–Crippen MR) is 128 cm³/mol. The minimum atomic E-state index is -0.508. The Morgan fingerprint density at radius 2 is 1.71 bits per heavy atom. The van der Waals surface area contributed by atoms with Gasteiger partial charge in [0.05, 0.1) is 0 Å². The summed E-state index contributed by atoms with van der Waals surface area (Å²) in [6.45, 7) is 14.1. The van der Waals surface area contributed by atoms with Crippen LogP contribution in [0, 0.1) is 5.92 Å². The molecule has 28 heavy (non-hydrogen) atoms. The number of nitrogens with one attached hydrogen (secondary N) is 3. The van der Waals surface area contributed by atoms with Crippen LogP contribution in [0.2, 0.25) is 0 Å². The molecule has 0 aliphatic heterocycles. The molecular weight excluding hydrogens is 471 g/mol. The number of aliphatic imine (C=N–C) groups is 1. The van der Waals surface area contributed by atoms with Crippen molar-refractivity contribution in [2.75, 3.05) is 26.2 Å². The lowest BCUT2D eigenvalue weighted by Gasteiger charge is -2.24. The SMILES string of the molecule is CCCC(CCO)CN=C(NCC)NCC(CCC)NC(=O)OC(C)(C)C.I.